The molecule has 2 amide bonds. The zero-order valence-electron chi connectivity index (χ0n) is 26.6. The van der Waals surface area contributed by atoms with Crippen molar-refractivity contribution in [1.82, 2.24) is 10.2 Å². The van der Waals surface area contributed by atoms with E-state index in [2.05, 4.69) is 5.32 Å². The zero-order chi connectivity index (χ0) is 34.3. The Kier molecular flexibility index (Phi) is 11.2. The van der Waals surface area contributed by atoms with Gasteiger partial charge in [-0.25, -0.2) is 12.8 Å². The largest absolute Gasteiger partial charge is 0.486 e. The maximum absolute atomic E-state index is 14.6. The number of sulfonamides is 1. The Morgan fingerprint density at radius 3 is 2.27 bits per heavy atom. The van der Waals surface area contributed by atoms with E-state index < -0.39 is 40.2 Å². The molecule has 4 aromatic rings. The van der Waals surface area contributed by atoms with Crippen molar-refractivity contribution in [2.75, 3.05) is 24.1 Å². The van der Waals surface area contributed by atoms with E-state index in [1.807, 2.05) is 44.2 Å². The van der Waals surface area contributed by atoms with Crippen LogP contribution in [0.5, 0.6) is 11.5 Å². The van der Waals surface area contributed by atoms with Gasteiger partial charge in [0.15, 0.2) is 11.5 Å². The molecule has 48 heavy (non-hydrogen) atoms. The normalized spacial score (nSPS) is 13.7. The highest BCUT2D eigenvalue weighted by molar-refractivity contribution is 7.92. The SMILES string of the molecule is CC[C@@H](C)NC(=O)[C@@H](Cc1ccccc1)N(Cc1ccccc1Cl)C(=O)CN(c1ccc(F)cc1)S(=O)(=O)c1ccc2c(c1)OCCO2. The Bertz CT molecular complexity index is 1840. The first-order chi connectivity index (χ1) is 23.1. The molecule has 5 rings (SSSR count). The molecule has 0 saturated carbocycles. The average molecular weight is 694 g/mol. The molecule has 1 aliphatic heterocycles. The minimum atomic E-state index is -4.44. The van der Waals surface area contributed by atoms with Gasteiger partial charge in [0.1, 0.15) is 31.6 Å². The van der Waals surface area contributed by atoms with Crippen LogP contribution in [0.3, 0.4) is 0 Å². The van der Waals surface area contributed by atoms with Crippen LogP contribution in [0.1, 0.15) is 31.4 Å². The van der Waals surface area contributed by atoms with Gasteiger partial charge < -0.3 is 19.7 Å². The van der Waals surface area contributed by atoms with E-state index >= 15 is 0 Å². The van der Waals surface area contributed by atoms with Crippen molar-refractivity contribution in [2.24, 2.45) is 0 Å². The average Bonchev–Trinajstić information content (AvgIpc) is 3.09. The van der Waals surface area contributed by atoms with Crippen LogP contribution in [0, 0.1) is 5.82 Å². The highest BCUT2D eigenvalue weighted by Gasteiger charge is 2.35. The molecule has 1 N–H and O–H groups in total. The van der Waals surface area contributed by atoms with E-state index in [9.17, 15) is 22.4 Å². The third kappa shape index (κ3) is 8.26. The maximum atomic E-state index is 14.6. The second-order valence-electron chi connectivity index (χ2n) is 11.4. The van der Waals surface area contributed by atoms with Gasteiger partial charge in [-0.05, 0) is 66.9 Å². The van der Waals surface area contributed by atoms with E-state index in [0.29, 0.717) is 29.4 Å². The van der Waals surface area contributed by atoms with Gasteiger partial charge in [0.05, 0.1) is 10.6 Å². The lowest BCUT2D eigenvalue weighted by Crippen LogP contribution is -2.54. The first-order valence-electron chi connectivity index (χ1n) is 15.6. The number of carbonyl (C=O) groups is 2. The quantitative estimate of drug-likeness (QED) is 0.184. The summed E-state index contributed by atoms with van der Waals surface area (Å²) in [4.78, 5) is 29.7. The van der Waals surface area contributed by atoms with Crippen molar-refractivity contribution in [2.45, 2.75) is 50.2 Å². The van der Waals surface area contributed by atoms with Crippen molar-refractivity contribution in [3.05, 3.63) is 119 Å². The molecule has 1 heterocycles. The Morgan fingerprint density at radius 1 is 0.917 bits per heavy atom. The van der Waals surface area contributed by atoms with Crippen molar-refractivity contribution >= 4 is 39.1 Å². The number of ether oxygens (including phenoxy) is 2. The van der Waals surface area contributed by atoms with Gasteiger partial charge in [-0.3, -0.25) is 13.9 Å². The van der Waals surface area contributed by atoms with E-state index in [1.54, 1.807) is 24.3 Å². The molecule has 0 fully saturated rings. The molecule has 0 spiro atoms. The molecule has 1 aliphatic rings. The summed E-state index contributed by atoms with van der Waals surface area (Å²) in [5.41, 5.74) is 1.43. The Morgan fingerprint density at radius 2 is 1.58 bits per heavy atom. The number of carbonyl (C=O) groups excluding carboxylic acids is 2. The summed E-state index contributed by atoms with van der Waals surface area (Å²) >= 11 is 6.55. The van der Waals surface area contributed by atoms with Crippen molar-refractivity contribution in [3.63, 3.8) is 0 Å². The summed E-state index contributed by atoms with van der Waals surface area (Å²) in [6, 6.07) is 24.0. The van der Waals surface area contributed by atoms with Crippen LogP contribution >= 0.6 is 11.6 Å². The lowest BCUT2D eigenvalue weighted by Gasteiger charge is -2.34. The number of hydrogen-bond acceptors (Lipinski definition) is 6. The van der Waals surface area contributed by atoms with E-state index in [0.717, 1.165) is 22.0 Å². The number of hydrogen-bond donors (Lipinski definition) is 1. The lowest BCUT2D eigenvalue weighted by molar-refractivity contribution is -0.140. The lowest BCUT2D eigenvalue weighted by atomic mass is 10.0. The molecule has 0 aromatic heterocycles. The first-order valence-corrected chi connectivity index (χ1v) is 17.4. The molecule has 2 atom stereocenters. The molecular weight excluding hydrogens is 657 g/mol. The highest BCUT2D eigenvalue weighted by Crippen LogP contribution is 2.34. The summed E-state index contributed by atoms with van der Waals surface area (Å²) in [5.74, 6) is -0.992. The third-order valence-corrected chi connectivity index (χ3v) is 10.2. The van der Waals surface area contributed by atoms with Gasteiger partial charge in [-0.1, -0.05) is 67.1 Å². The number of benzene rings is 4. The fourth-order valence-electron chi connectivity index (χ4n) is 5.25. The first kappa shape index (κ1) is 34.7. The van der Waals surface area contributed by atoms with Gasteiger partial charge in [0, 0.05) is 30.1 Å². The van der Waals surface area contributed by atoms with E-state index in [4.69, 9.17) is 21.1 Å². The molecular formula is C36H37ClFN3O6S. The summed E-state index contributed by atoms with van der Waals surface area (Å²) in [7, 11) is -4.44. The van der Waals surface area contributed by atoms with Crippen LogP contribution in [0.4, 0.5) is 10.1 Å². The van der Waals surface area contributed by atoms with Crippen LogP contribution in [-0.2, 0) is 32.6 Å². The molecule has 0 unspecified atom stereocenters. The van der Waals surface area contributed by atoms with Gasteiger partial charge >= 0.3 is 0 Å². The number of nitrogens with one attached hydrogen (secondary N) is 1. The van der Waals surface area contributed by atoms with Gasteiger partial charge in [0.2, 0.25) is 11.8 Å². The predicted molar refractivity (Wildman–Crippen MR) is 182 cm³/mol. The number of anilines is 1. The predicted octanol–water partition coefficient (Wildman–Crippen LogP) is 6.00. The van der Waals surface area contributed by atoms with Gasteiger partial charge in [0.25, 0.3) is 10.0 Å². The molecule has 12 heteroatoms. The number of fused-ring (bicyclic) bond motifs is 1. The monoisotopic (exact) mass is 693 g/mol. The third-order valence-electron chi connectivity index (χ3n) is 8.07. The fraction of sp³-hybridized carbons (Fsp3) is 0.278. The molecule has 0 aliphatic carbocycles. The standard InChI is InChI=1S/C36H37ClFN3O6S/c1-3-25(2)39-36(43)32(21-26-9-5-4-6-10-26)40(23-27-11-7-8-12-31(27)37)35(42)24-41(29-15-13-28(38)14-16-29)48(44,45)30-17-18-33-34(22-30)47-20-19-46-33/h4-18,22,25,32H,3,19-21,23-24H2,1-2H3,(H,39,43)/t25-,32-/m1/s1. The summed E-state index contributed by atoms with van der Waals surface area (Å²) in [6.07, 6.45) is 0.819. The fourth-order valence-corrected chi connectivity index (χ4v) is 6.88. The Labute approximate surface area is 285 Å². The number of amides is 2. The molecule has 0 saturated heterocycles. The smallest absolute Gasteiger partial charge is 0.264 e. The van der Waals surface area contributed by atoms with Crippen molar-refractivity contribution in [3.8, 4) is 11.5 Å². The molecule has 0 bridgehead atoms. The second kappa shape index (κ2) is 15.5. The van der Waals surface area contributed by atoms with Crippen LogP contribution in [0.15, 0.2) is 102 Å². The Hall–Kier alpha value is -4.61. The van der Waals surface area contributed by atoms with Crippen LogP contribution in [0.2, 0.25) is 5.02 Å². The van der Waals surface area contributed by atoms with Crippen molar-refractivity contribution in [1.29, 1.82) is 0 Å². The second-order valence-corrected chi connectivity index (χ2v) is 13.7. The maximum Gasteiger partial charge on any atom is 0.264 e. The number of rotatable bonds is 13. The topological polar surface area (TPSA) is 105 Å². The number of halogens is 2. The molecule has 9 nitrogen and oxygen atoms in total. The molecule has 0 radical (unpaired) electrons. The van der Waals surface area contributed by atoms with E-state index in [-0.39, 0.29) is 41.9 Å². The summed E-state index contributed by atoms with van der Waals surface area (Å²) in [6.45, 7) is 3.60. The van der Waals surface area contributed by atoms with Crippen LogP contribution < -0.4 is 19.1 Å². The van der Waals surface area contributed by atoms with E-state index in [1.165, 1.54) is 35.2 Å². The minimum Gasteiger partial charge on any atom is -0.486 e. The van der Waals surface area contributed by atoms with Crippen molar-refractivity contribution < 1.29 is 31.9 Å². The van der Waals surface area contributed by atoms with Gasteiger partial charge in [-0.2, -0.15) is 0 Å². The number of nitrogens with zero attached hydrogens (tertiary/aromatic N) is 2. The van der Waals surface area contributed by atoms with Gasteiger partial charge in [-0.15, -0.1) is 0 Å². The highest BCUT2D eigenvalue weighted by atomic mass is 35.5. The zero-order valence-corrected chi connectivity index (χ0v) is 28.2. The summed E-state index contributed by atoms with van der Waals surface area (Å²) < 4.78 is 54.8. The van der Waals surface area contributed by atoms with Crippen LogP contribution in [-0.4, -0.2) is 57.0 Å². The summed E-state index contributed by atoms with van der Waals surface area (Å²) in [5, 5.41) is 3.38. The molecule has 4 aromatic carbocycles. The minimum absolute atomic E-state index is 0.0565. The van der Waals surface area contributed by atoms with Crippen LogP contribution in [0.25, 0.3) is 0 Å². The Balaban J connectivity index is 1.58. The molecule has 252 valence electrons.